The lowest BCUT2D eigenvalue weighted by molar-refractivity contribution is 0.667. The molecule has 3 aromatic heterocycles. The fourth-order valence-electron chi connectivity index (χ4n) is 9.05. The molecule has 56 heavy (non-hydrogen) atoms. The molecular weight excluding hydrogens is 703 g/mol. The summed E-state index contributed by atoms with van der Waals surface area (Å²) < 4.78 is 9.42. The van der Waals surface area contributed by atoms with Gasteiger partial charge in [0.05, 0.1) is 0 Å². The smallest absolute Gasteiger partial charge is 0.164 e. The summed E-state index contributed by atoms with van der Waals surface area (Å²) in [6, 6.07) is 60.1. The average Bonchev–Trinajstić information content (AvgIpc) is 3.94. The summed E-state index contributed by atoms with van der Waals surface area (Å²) in [5, 5.41) is 7.44. The zero-order valence-electron chi connectivity index (χ0n) is 30.1. The second-order valence-corrected chi connectivity index (χ2v) is 15.7. The normalized spacial score (nSPS) is 13.6. The highest BCUT2D eigenvalue weighted by Crippen LogP contribution is 2.55. The van der Waals surface area contributed by atoms with Crippen LogP contribution >= 0.6 is 11.3 Å². The Bertz CT molecular complexity index is 3290. The van der Waals surface area contributed by atoms with E-state index >= 15 is 0 Å². The minimum Gasteiger partial charge on any atom is -0.456 e. The van der Waals surface area contributed by atoms with Crippen LogP contribution in [0.2, 0.25) is 0 Å². The lowest BCUT2D eigenvalue weighted by Crippen LogP contribution is -2.02. The van der Waals surface area contributed by atoms with E-state index in [-0.39, 0.29) is 5.92 Å². The molecule has 5 heteroatoms. The first-order valence-electron chi connectivity index (χ1n) is 19.0. The Morgan fingerprint density at radius 3 is 1.91 bits per heavy atom. The zero-order chi connectivity index (χ0) is 36.7. The van der Waals surface area contributed by atoms with Crippen LogP contribution in [0.4, 0.5) is 0 Å². The van der Waals surface area contributed by atoms with Crippen LogP contribution in [0.15, 0.2) is 174 Å². The van der Waals surface area contributed by atoms with E-state index in [2.05, 4.69) is 97.1 Å². The van der Waals surface area contributed by atoms with Crippen molar-refractivity contribution >= 4 is 64.2 Å². The average molecular weight is 734 g/mol. The maximum absolute atomic E-state index is 6.69. The molecule has 0 amide bonds. The molecule has 8 aromatic carbocycles. The molecule has 1 unspecified atom stereocenters. The van der Waals surface area contributed by atoms with Gasteiger partial charge in [0.25, 0.3) is 0 Å². The van der Waals surface area contributed by atoms with E-state index in [1.807, 2.05) is 84.1 Å². The van der Waals surface area contributed by atoms with Crippen LogP contribution in [0.3, 0.4) is 0 Å². The van der Waals surface area contributed by atoms with Crippen LogP contribution in [0, 0.1) is 0 Å². The van der Waals surface area contributed by atoms with Crippen LogP contribution in [0.1, 0.15) is 22.6 Å². The number of hydrogen-bond acceptors (Lipinski definition) is 5. The Morgan fingerprint density at radius 2 is 1.12 bits per heavy atom. The molecule has 0 radical (unpaired) electrons. The predicted molar refractivity (Wildman–Crippen MR) is 231 cm³/mol. The minimum absolute atomic E-state index is 0.205. The van der Waals surface area contributed by atoms with E-state index in [0.29, 0.717) is 17.5 Å². The van der Waals surface area contributed by atoms with Crippen molar-refractivity contribution in [2.45, 2.75) is 12.3 Å². The summed E-state index contributed by atoms with van der Waals surface area (Å²) in [4.78, 5) is 15.1. The topological polar surface area (TPSA) is 51.8 Å². The quantitative estimate of drug-likeness (QED) is 0.177. The van der Waals surface area contributed by atoms with Gasteiger partial charge in [-0.05, 0) is 63.2 Å². The molecule has 0 aliphatic heterocycles. The molecule has 0 bridgehead atoms. The molecule has 0 spiro atoms. The van der Waals surface area contributed by atoms with E-state index in [9.17, 15) is 0 Å². The number of aromatic nitrogens is 3. The molecule has 1 aliphatic rings. The Kier molecular flexibility index (Phi) is 6.89. The molecule has 1 aliphatic carbocycles. The largest absolute Gasteiger partial charge is 0.456 e. The molecule has 3 heterocycles. The maximum Gasteiger partial charge on any atom is 0.164 e. The van der Waals surface area contributed by atoms with Crippen molar-refractivity contribution in [2.75, 3.05) is 0 Å². The first kappa shape index (κ1) is 31.4. The first-order valence-corrected chi connectivity index (χ1v) is 19.8. The first-order chi connectivity index (χ1) is 27.8. The molecule has 262 valence electrons. The Morgan fingerprint density at radius 1 is 0.482 bits per heavy atom. The third-order valence-corrected chi connectivity index (χ3v) is 12.7. The summed E-state index contributed by atoms with van der Waals surface area (Å²) in [5.41, 5.74) is 11.3. The Labute approximate surface area is 326 Å². The van der Waals surface area contributed by atoms with E-state index in [1.165, 1.54) is 58.8 Å². The van der Waals surface area contributed by atoms with Crippen molar-refractivity contribution in [1.29, 1.82) is 0 Å². The third-order valence-electron chi connectivity index (χ3n) is 11.5. The highest BCUT2D eigenvalue weighted by molar-refractivity contribution is 7.26. The monoisotopic (exact) mass is 733 g/mol. The third kappa shape index (κ3) is 4.74. The van der Waals surface area contributed by atoms with Crippen molar-refractivity contribution in [3.05, 3.63) is 187 Å². The lowest BCUT2D eigenvalue weighted by atomic mass is 9.87. The number of thiophene rings is 1. The minimum atomic E-state index is 0.205. The zero-order valence-corrected chi connectivity index (χ0v) is 30.9. The van der Waals surface area contributed by atoms with Gasteiger partial charge in [-0.15, -0.1) is 11.3 Å². The SMILES string of the molecule is c1ccc(-c2nc(-c3ccccc3)nc(-c3cccc4oc5cc(CC6c7ccccc7-c7c6c6sc8ccccc8c6c6ccccc76)ccc5c34)n2)cc1. The second-order valence-electron chi connectivity index (χ2n) is 14.6. The van der Waals surface area contributed by atoms with E-state index in [0.717, 1.165) is 45.0 Å². The highest BCUT2D eigenvalue weighted by Gasteiger charge is 2.34. The van der Waals surface area contributed by atoms with Gasteiger partial charge in [-0.1, -0.05) is 152 Å². The van der Waals surface area contributed by atoms with Crippen LogP contribution in [0.5, 0.6) is 0 Å². The standard InChI is InChI=1S/C51H31N3OS/c1-3-14-31(15-4-1)49-52-50(32-16-5-2-6-17-32)54-51(53-49)39-23-13-24-41-44(39)37-27-26-30(29-42(37)55-41)28-40-33-18-7-8-19-34(33)45-35-20-9-10-21-36(35)46-38-22-11-12-25-43(38)56-48(46)47(40)45/h1-27,29,40H,28H2. The van der Waals surface area contributed by atoms with Gasteiger partial charge in [0.1, 0.15) is 11.2 Å². The molecule has 0 saturated carbocycles. The van der Waals surface area contributed by atoms with Crippen molar-refractivity contribution in [3.63, 3.8) is 0 Å². The number of hydrogen-bond donors (Lipinski definition) is 0. The molecule has 12 rings (SSSR count). The number of furan rings is 1. The van der Waals surface area contributed by atoms with E-state index in [4.69, 9.17) is 19.4 Å². The molecular formula is C51H31N3OS. The van der Waals surface area contributed by atoms with Gasteiger partial charge in [-0.3, -0.25) is 0 Å². The molecule has 4 nitrogen and oxygen atoms in total. The Hall–Kier alpha value is -6.95. The molecule has 0 saturated heterocycles. The van der Waals surface area contributed by atoms with Gasteiger partial charge in [0.15, 0.2) is 17.5 Å². The fourth-order valence-corrected chi connectivity index (χ4v) is 10.4. The van der Waals surface area contributed by atoms with Gasteiger partial charge in [0.2, 0.25) is 0 Å². The highest BCUT2D eigenvalue weighted by atomic mass is 32.1. The van der Waals surface area contributed by atoms with Crippen LogP contribution in [-0.4, -0.2) is 15.0 Å². The second kappa shape index (κ2) is 12.3. The fraction of sp³-hybridized carbons (Fsp3) is 0.0392. The summed E-state index contributed by atoms with van der Waals surface area (Å²) >= 11 is 1.94. The molecule has 1 atom stereocenters. The molecule has 11 aromatic rings. The van der Waals surface area contributed by atoms with E-state index < -0.39 is 0 Å². The molecule has 0 N–H and O–H groups in total. The predicted octanol–water partition coefficient (Wildman–Crippen LogP) is 13.6. The maximum atomic E-state index is 6.69. The van der Waals surface area contributed by atoms with Gasteiger partial charge < -0.3 is 4.42 Å². The Balaban J connectivity index is 1.01. The van der Waals surface area contributed by atoms with Crippen molar-refractivity contribution in [1.82, 2.24) is 15.0 Å². The summed E-state index contributed by atoms with van der Waals surface area (Å²) in [7, 11) is 0. The number of rotatable bonds is 5. The van der Waals surface area contributed by atoms with Gasteiger partial charge in [-0.2, -0.15) is 0 Å². The van der Waals surface area contributed by atoms with Crippen molar-refractivity contribution < 1.29 is 4.42 Å². The summed E-state index contributed by atoms with van der Waals surface area (Å²) in [6.07, 6.45) is 0.861. The van der Waals surface area contributed by atoms with Crippen LogP contribution < -0.4 is 0 Å². The molecule has 0 fully saturated rings. The van der Waals surface area contributed by atoms with Crippen LogP contribution in [-0.2, 0) is 6.42 Å². The van der Waals surface area contributed by atoms with Gasteiger partial charge in [-0.25, -0.2) is 15.0 Å². The van der Waals surface area contributed by atoms with Gasteiger partial charge >= 0.3 is 0 Å². The lowest BCUT2D eigenvalue weighted by Gasteiger charge is -2.16. The van der Waals surface area contributed by atoms with Crippen molar-refractivity contribution in [3.8, 4) is 45.3 Å². The summed E-state index contributed by atoms with van der Waals surface area (Å²) in [5.74, 6) is 2.10. The van der Waals surface area contributed by atoms with Crippen molar-refractivity contribution in [2.24, 2.45) is 0 Å². The van der Waals surface area contributed by atoms with E-state index in [1.54, 1.807) is 0 Å². The van der Waals surface area contributed by atoms with Crippen LogP contribution in [0.25, 0.3) is 98.2 Å². The van der Waals surface area contributed by atoms with Gasteiger partial charge in [0, 0.05) is 53.6 Å². The number of nitrogens with zero attached hydrogens (tertiary/aromatic N) is 3. The summed E-state index contributed by atoms with van der Waals surface area (Å²) in [6.45, 7) is 0. The number of fused-ring (bicyclic) bond motifs is 13. The number of benzene rings is 8.